The topological polar surface area (TPSA) is 114 Å². The van der Waals surface area contributed by atoms with Crippen molar-refractivity contribution in [3.8, 4) is 5.69 Å². The molecule has 2 amide bonds. The monoisotopic (exact) mass is 408 g/mol. The second-order valence-electron chi connectivity index (χ2n) is 6.18. The van der Waals surface area contributed by atoms with Gasteiger partial charge in [-0.1, -0.05) is 12.1 Å². The van der Waals surface area contributed by atoms with E-state index in [4.69, 9.17) is 0 Å². The number of para-hydroxylation sites is 2. The Hall–Kier alpha value is -2.98. The van der Waals surface area contributed by atoms with Crippen LogP contribution in [0.15, 0.2) is 36.5 Å². The second-order valence-corrected chi connectivity index (χ2v) is 6.18. The molecule has 0 unspecified atom stereocenters. The van der Waals surface area contributed by atoms with Crippen molar-refractivity contribution in [2.45, 2.75) is 0 Å². The Kier molecular flexibility index (Phi) is 7.07. The molecule has 150 valence electrons. The molecule has 1 aliphatic rings. The van der Waals surface area contributed by atoms with Gasteiger partial charge in [-0.3, -0.25) is 19.7 Å². The molecule has 0 atom stereocenters. The Balaban J connectivity index is 0.00000280. The van der Waals surface area contributed by atoms with Crippen LogP contribution in [0.4, 0.5) is 5.69 Å². The quantitative estimate of drug-likeness (QED) is 0.575. The molecule has 1 aliphatic heterocycles. The van der Waals surface area contributed by atoms with Gasteiger partial charge in [0.2, 0.25) is 5.91 Å². The average molecular weight is 409 g/mol. The van der Waals surface area contributed by atoms with Crippen LogP contribution in [0.2, 0.25) is 0 Å². The zero-order valence-corrected chi connectivity index (χ0v) is 16.1. The third-order valence-electron chi connectivity index (χ3n) is 4.32. The minimum absolute atomic E-state index is 0. The van der Waals surface area contributed by atoms with E-state index in [1.165, 1.54) is 35.0 Å². The van der Waals surface area contributed by atoms with Gasteiger partial charge >= 0.3 is 0 Å². The summed E-state index contributed by atoms with van der Waals surface area (Å²) in [6, 6.07) is 7.62. The number of piperazine rings is 1. The van der Waals surface area contributed by atoms with E-state index in [1.54, 1.807) is 23.1 Å². The summed E-state index contributed by atoms with van der Waals surface area (Å²) < 4.78 is 1.29. The first-order valence-electron chi connectivity index (χ1n) is 8.51. The molecule has 0 spiro atoms. The van der Waals surface area contributed by atoms with Crippen LogP contribution in [0.3, 0.4) is 0 Å². The van der Waals surface area contributed by atoms with Crippen molar-refractivity contribution in [1.29, 1.82) is 0 Å². The summed E-state index contributed by atoms with van der Waals surface area (Å²) in [6.45, 7) is 2.67. The van der Waals surface area contributed by atoms with Crippen molar-refractivity contribution in [2.75, 3.05) is 39.8 Å². The zero-order chi connectivity index (χ0) is 19.4. The molecule has 10 nitrogen and oxygen atoms in total. The summed E-state index contributed by atoms with van der Waals surface area (Å²) in [5.74, 6) is -0.540. The lowest BCUT2D eigenvalue weighted by Gasteiger charge is -2.29. The zero-order valence-electron chi connectivity index (χ0n) is 15.3. The van der Waals surface area contributed by atoms with Gasteiger partial charge in [-0.15, -0.1) is 12.4 Å². The molecule has 0 aliphatic carbocycles. The molecule has 1 saturated heterocycles. The van der Waals surface area contributed by atoms with Crippen molar-refractivity contribution in [2.24, 2.45) is 0 Å². The van der Waals surface area contributed by atoms with Crippen molar-refractivity contribution < 1.29 is 14.5 Å². The van der Waals surface area contributed by atoms with Gasteiger partial charge in [-0.25, -0.2) is 4.68 Å². The highest BCUT2D eigenvalue weighted by Gasteiger charge is 2.23. The number of amides is 2. The normalized spacial score (nSPS) is 13.5. The number of likely N-dealkylation sites (N-methyl/N-ethyl adjacent to an activating group) is 1. The van der Waals surface area contributed by atoms with Gasteiger partial charge in [0.15, 0.2) is 5.69 Å². The Bertz CT molecular complexity index is 865. The van der Waals surface area contributed by atoms with Gasteiger partial charge in [0, 0.05) is 45.5 Å². The number of nitrogens with zero attached hydrogens (tertiary/aromatic N) is 5. The van der Waals surface area contributed by atoms with Crippen LogP contribution in [-0.2, 0) is 4.79 Å². The fourth-order valence-electron chi connectivity index (χ4n) is 2.87. The molecule has 0 saturated carbocycles. The van der Waals surface area contributed by atoms with Crippen molar-refractivity contribution >= 4 is 29.9 Å². The summed E-state index contributed by atoms with van der Waals surface area (Å²) in [4.78, 5) is 38.5. The Labute approximate surface area is 167 Å². The number of nitro groups is 1. The highest BCUT2D eigenvalue weighted by atomic mass is 35.5. The third kappa shape index (κ3) is 4.65. The van der Waals surface area contributed by atoms with E-state index < -0.39 is 10.8 Å². The van der Waals surface area contributed by atoms with Crippen LogP contribution in [0, 0.1) is 10.1 Å². The lowest BCUT2D eigenvalue weighted by molar-refractivity contribution is -0.384. The van der Waals surface area contributed by atoms with E-state index in [9.17, 15) is 19.7 Å². The number of aromatic nitrogens is 2. The van der Waals surface area contributed by atoms with Gasteiger partial charge in [-0.2, -0.15) is 5.10 Å². The maximum atomic E-state index is 12.6. The van der Waals surface area contributed by atoms with E-state index in [2.05, 4.69) is 10.4 Å². The summed E-state index contributed by atoms with van der Waals surface area (Å²) >= 11 is 0. The first-order valence-corrected chi connectivity index (χ1v) is 8.51. The molecular formula is C17H21ClN6O4. The van der Waals surface area contributed by atoms with E-state index in [1.807, 2.05) is 0 Å². The van der Waals surface area contributed by atoms with Gasteiger partial charge in [0.25, 0.3) is 11.6 Å². The molecule has 2 aromatic rings. The number of hydrogen-bond acceptors (Lipinski definition) is 6. The van der Waals surface area contributed by atoms with Gasteiger partial charge in [0.1, 0.15) is 5.69 Å². The minimum Gasteiger partial charge on any atom is -0.339 e. The number of rotatable bonds is 5. The SMILES string of the molecule is CN(CC(=O)N1CCNCC1)C(=O)c1ccn(-c2ccccc2[N+](=O)[O-])n1.Cl. The van der Waals surface area contributed by atoms with Gasteiger partial charge in [0.05, 0.1) is 11.5 Å². The molecule has 0 radical (unpaired) electrons. The number of carbonyl (C=O) groups excluding carboxylic acids is 2. The van der Waals surface area contributed by atoms with E-state index in [0.29, 0.717) is 13.1 Å². The number of nitrogens with one attached hydrogen (secondary N) is 1. The molecule has 1 aromatic carbocycles. The minimum atomic E-state index is -0.503. The highest BCUT2D eigenvalue weighted by molar-refractivity contribution is 5.94. The van der Waals surface area contributed by atoms with Crippen LogP contribution < -0.4 is 5.32 Å². The number of benzene rings is 1. The summed E-state index contributed by atoms with van der Waals surface area (Å²) in [7, 11) is 1.53. The van der Waals surface area contributed by atoms with Crippen molar-refractivity contribution in [3.05, 3.63) is 52.3 Å². The average Bonchev–Trinajstić information content (AvgIpc) is 3.18. The number of nitro benzene ring substituents is 1. The second kappa shape index (κ2) is 9.29. The van der Waals surface area contributed by atoms with Crippen molar-refractivity contribution in [1.82, 2.24) is 24.9 Å². The van der Waals surface area contributed by atoms with Crippen LogP contribution in [-0.4, -0.2) is 76.1 Å². The molecule has 1 fully saturated rings. The highest BCUT2D eigenvalue weighted by Crippen LogP contribution is 2.21. The first-order chi connectivity index (χ1) is 13.0. The molecule has 0 bridgehead atoms. The largest absolute Gasteiger partial charge is 0.339 e. The van der Waals surface area contributed by atoms with E-state index in [0.717, 1.165) is 13.1 Å². The van der Waals surface area contributed by atoms with Crippen LogP contribution >= 0.6 is 12.4 Å². The number of halogens is 1. The molecule has 1 N–H and O–H groups in total. The number of carbonyl (C=O) groups is 2. The molecule has 11 heteroatoms. The maximum absolute atomic E-state index is 12.6. The van der Waals surface area contributed by atoms with Crippen LogP contribution in [0.25, 0.3) is 5.69 Å². The number of hydrogen-bond donors (Lipinski definition) is 1. The Morgan fingerprint density at radius 2 is 1.93 bits per heavy atom. The maximum Gasteiger partial charge on any atom is 0.294 e. The fraction of sp³-hybridized carbons (Fsp3) is 0.353. The lowest BCUT2D eigenvalue weighted by Crippen LogP contribution is -2.49. The van der Waals surface area contributed by atoms with E-state index in [-0.39, 0.29) is 41.9 Å². The Morgan fingerprint density at radius 3 is 2.61 bits per heavy atom. The first kappa shape index (κ1) is 21.3. The standard InChI is InChI=1S/C17H20N6O4.ClH/c1-20(12-16(24)21-10-7-18-8-11-21)17(25)13-6-9-22(19-13)14-4-2-3-5-15(14)23(26)27;/h2-6,9,18H,7-8,10-12H2,1H3;1H. The van der Waals surface area contributed by atoms with Gasteiger partial charge in [-0.05, 0) is 12.1 Å². The van der Waals surface area contributed by atoms with Crippen LogP contribution in [0.5, 0.6) is 0 Å². The van der Waals surface area contributed by atoms with Crippen LogP contribution in [0.1, 0.15) is 10.5 Å². The van der Waals surface area contributed by atoms with E-state index >= 15 is 0 Å². The Morgan fingerprint density at radius 1 is 1.25 bits per heavy atom. The lowest BCUT2D eigenvalue weighted by atomic mass is 10.3. The third-order valence-corrected chi connectivity index (χ3v) is 4.32. The fourth-order valence-corrected chi connectivity index (χ4v) is 2.87. The predicted molar refractivity (Wildman–Crippen MR) is 104 cm³/mol. The smallest absolute Gasteiger partial charge is 0.294 e. The molecule has 3 rings (SSSR count). The van der Waals surface area contributed by atoms with Gasteiger partial charge < -0.3 is 15.1 Å². The molecular weight excluding hydrogens is 388 g/mol. The molecule has 28 heavy (non-hydrogen) atoms. The summed E-state index contributed by atoms with van der Waals surface area (Å²) in [6.07, 6.45) is 1.49. The summed E-state index contributed by atoms with van der Waals surface area (Å²) in [5, 5.41) is 18.5. The van der Waals surface area contributed by atoms with Crippen molar-refractivity contribution in [3.63, 3.8) is 0 Å². The molecule has 2 heterocycles. The molecule has 1 aromatic heterocycles. The summed E-state index contributed by atoms with van der Waals surface area (Å²) in [5.41, 5.74) is 0.270. The predicted octanol–water partition coefficient (Wildman–Crippen LogP) is 0.706.